The zero-order valence-electron chi connectivity index (χ0n) is 13.9. The van der Waals surface area contributed by atoms with Crippen molar-refractivity contribution in [3.63, 3.8) is 0 Å². The van der Waals surface area contributed by atoms with Gasteiger partial charge in [0.15, 0.2) is 0 Å². The predicted molar refractivity (Wildman–Crippen MR) is 92.2 cm³/mol. The third-order valence-electron chi connectivity index (χ3n) is 5.97. The largest absolute Gasteiger partial charge is 0.302 e. The Labute approximate surface area is 135 Å². The third-order valence-corrected chi connectivity index (χ3v) is 5.97. The predicted octanol–water partition coefficient (Wildman–Crippen LogP) is 3.63. The number of hydrogen-bond acceptors (Lipinski definition) is 2. The van der Waals surface area contributed by atoms with Crippen molar-refractivity contribution in [1.82, 2.24) is 9.80 Å². The van der Waals surface area contributed by atoms with Crippen molar-refractivity contribution in [2.45, 2.75) is 64.0 Å². The van der Waals surface area contributed by atoms with Gasteiger partial charge in [0.25, 0.3) is 0 Å². The first-order chi connectivity index (χ1) is 10.9. The summed E-state index contributed by atoms with van der Waals surface area (Å²) in [5.74, 6) is 0. The van der Waals surface area contributed by atoms with Gasteiger partial charge in [-0.15, -0.1) is 0 Å². The summed E-state index contributed by atoms with van der Waals surface area (Å²) < 4.78 is 0. The first kappa shape index (κ1) is 14.7. The SMILES string of the molecule is c1cc2c(cc1CN1CCC[C@H]1CN1CCCC1)CCCC2. The molecule has 2 heteroatoms. The Kier molecular flexibility index (Phi) is 4.49. The Hall–Kier alpha value is -0.860. The van der Waals surface area contributed by atoms with Crippen molar-refractivity contribution < 1.29 is 0 Å². The lowest BCUT2D eigenvalue weighted by atomic mass is 9.90. The van der Waals surface area contributed by atoms with Gasteiger partial charge in [0.1, 0.15) is 0 Å². The van der Waals surface area contributed by atoms with Gasteiger partial charge < -0.3 is 4.90 Å². The molecule has 4 rings (SSSR count). The van der Waals surface area contributed by atoms with Crippen LogP contribution in [0.5, 0.6) is 0 Å². The summed E-state index contributed by atoms with van der Waals surface area (Å²) in [6, 6.07) is 8.12. The van der Waals surface area contributed by atoms with Crippen LogP contribution in [0.2, 0.25) is 0 Å². The Morgan fingerprint density at radius 1 is 0.864 bits per heavy atom. The molecule has 2 saturated heterocycles. The minimum Gasteiger partial charge on any atom is -0.302 e. The average Bonchev–Trinajstić information content (AvgIpc) is 3.20. The van der Waals surface area contributed by atoms with Crippen molar-refractivity contribution in [1.29, 1.82) is 0 Å². The standard InChI is InChI=1S/C20H30N2/c1-2-7-19-14-17(9-10-18(19)6-1)15-22-13-5-8-20(22)16-21-11-3-4-12-21/h9-10,14,20H,1-8,11-13,15-16H2/t20-/m0/s1. The maximum atomic E-state index is 2.75. The molecule has 0 saturated carbocycles. The molecule has 0 unspecified atom stereocenters. The molecule has 3 aliphatic rings. The Morgan fingerprint density at radius 2 is 1.68 bits per heavy atom. The molecule has 0 radical (unpaired) electrons. The van der Waals surface area contributed by atoms with Crippen molar-refractivity contribution in [2.75, 3.05) is 26.2 Å². The van der Waals surface area contributed by atoms with Crippen LogP contribution >= 0.6 is 0 Å². The van der Waals surface area contributed by atoms with Gasteiger partial charge in [0, 0.05) is 19.1 Å². The van der Waals surface area contributed by atoms with Gasteiger partial charge in [-0.25, -0.2) is 0 Å². The fraction of sp³-hybridized carbons (Fsp3) is 0.700. The van der Waals surface area contributed by atoms with Crippen LogP contribution in [0.4, 0.5) is 0 Å². The molecular weight excluding hydrogens is 268 g/mol. The second-order valence-electron chi connectivity index (χ2n) is 7.58. The summed E-state index contributed by atoms with van der Waals surface area (Å²) in [6.07, 6.45) is 11.0. The molecule has 1 aromatic rings. The second kappa shape index (κ2) is 6.72. The van der Waals surface area contributed by atoms with Gasteiger partial charge in [-0.1, -0.05) is 18.2 Å². The smallest absolute Gasteiger partial charge is 0.0237 e. The quantitative estimate of drug-likeness (QED) is 0.837. The highest BCUT2D eigenvalue weighted by Crippen LogP contribution is 2.26. The van der Waals surface area contributed by atoms with Crippen molar-refractivity contribution in [2.24, 2.45) is 0 Å². The first-order valence-electron chi connectivity index (χ1n) is 9.45. The normalized spacial score (nSPS) is 26.5. The Balaban J connectivity index is 1.40. The van der Waals surface area contributed by atoms with Crippen molar-refractivity contribution in [3.8, 4) is 0 Å². The average molecular weight is 298 g/mol. The van der Waals surface area contributed by atoms with Crippen molar-refractivity contribution >= 4 is 0 Å². The van der Waals surface area contributed by atoms with E-state index in [0.29, 0.717) is 0 Å². The molecule has 0 N–H and O–H groups in total. The topological polar surface area (TPSA) is 6.48 Å². The van der Waals surface area contributed by atoms with Gasteiger partial charge in [-0.2, -0.15) is 0 Å². The lowest BCUT2D eigenvalue weighted by Crippen LogP contribution is -2.38. The summed E-state index contributed by atoms with van der Waals surface area (Å²) in [5, 5.41) is 0. The molecule has 22 heavy (non-hydrogen) atoms. The van der Waals surface area contributed by atoms with Gasteiger partial charge in [-0.05, 0) is 87.7 Å². The molecule has 2 fully saturated rings. The molecular formula is C20H30N2. The lowest BCUT2D eigenvalue weighted by molar-refractivity contribution is 0.185. The molecule has 0 bridgehead atoms. The third kappa shape index (κ3) is 3.23. The maximum absolute atomic E-state index is 2.75. The second-order valence-corrected chi connectivity index (χ2v) is 7.58. The van der Waals surface area contributed by atoms with Crippen LogP contribution in [-0.4, -0.2) is 42.0 Å². The van der Waals surface area contributed by atoms with Crippen LogP contribution in [0, 0.1) is 0 Å². The molecule has 2 aliphatic heterocycles. The number of nitrogens with zero attached hydrogens (tertiary/aromatic N) is 2. The molecule has 0 spiro atoms. The van der Waals surface area contributed by atoms with E-state index in [1.54, 1.807) is 16.7 Å². The molecule has 120 valence electrons. The maximum Gasteiger partial charge on any atom is 0.0237 e. The van der Waals surface area contributed by atoms with Crippen LogP contribution in [0.25, 0.3) is 0 Å². The highest BCUT2D eigenvalue weighted by molar-refractivity contribution is 5.33. The van der Waals surface area contributed by atoms with Crippen LogP contribution in [0.3, 0.4) is 0 Å². The minimum atomic E-state index is 0.800. The van der Waals surface area contributed by atoms with E-state index in [4.69, 9.17) is 0 Å². The minimum absolute atomic E-state index is 0.800. The summed E-state index contributed by atoms with van der Waals surface area (Å²) >= 11 is 0. The van der Waals surface area contributed by atoms with Crippen molar-refractivity contribution in [3.05, 3.63) is 34.9 Å². The zero-order valence-corrected chi connectivity index (χ0v) is 13.9. The van der Waals surface area contributed by atoms with E-state index in [2.05, 4.69) is 28.0 Å². The van der Waals surface area contributed by atoms with E-state index >= 15 is 0 Å². The summed E-state index contributed by atoms with van der Waals surface area (Å²) in [5.41, 5.74) is 4.80. The van der Waals surface area contributed by atoms with Crippen LogP contribution in [0.15, 0.2) is 18.2 Å². The number of fused-ring (bicyclic) bond motifs is 1. The highest BCUT2D eigenvalue weighted by atomic mass is 15.2. The van der Waals surface area contributed by atoms with Crippen LogP contribution < -0.4 is 0 Å². The fourth-order valence-corrected chi connectivity index (χ4v) is 4.69. The lowest BCUT2D eigenvalue weighted by Gasteiger charge is -2.29. The van der Waals surface area contributed by atoms with Gasteiger partial charge in [0.05, 0.1) is 0 Å². The molecule has 0 amide bonds. The molecule has 0 aromatic heterocycles. The van der Waals surface area contributed by atoms with Crippen LogP contribution in [0.1, 0.15) is 55.2 Å². The summed E-state index contributed by atoms with van der Waals surface area (Å²) in [4.78, 5) is 5.44. The van der Waals surface area contributed by atoms with Gasteiger partial charge in [0.2, 0.25) is 0 Å². The van der Waals surface area contributed by atoms with E-state index in [1.807, 2.05) is 0 Å². The monoisotopic (exact) mass is 298 g/mol. The van der Waals surface area contributed by atoms with Gasteiger partial charge >= 0.3 is 0 Å². The Bertz CT molecular complexity index is 504. The molecule has 2 heterocycles. The summed E-state index contributed by atoms with van der Waals surface area (Å²) in [7, 11) is 0. The van der Waals surface area contributed by atoms with Gasteiger partial charge in [-0.3, -0.25) is 4.90 Å². The molecule has 1 atom stereocenters. The number of benzene rings is 1. The number of rotatable bonds is 4. The van der Waals surface area contributed by atoms with E-state index in [0.717, 1.165) is 6.04 Å². The van der Waals surface area contributed by atoms with E-state index < -0.39 is 0 Å². The first-order valence-corrected chi connectivity index (χ1v) is 9.45. The van der Waals surface area contributed by atoms with E-state index in [1.165, 1.54) is 84.1 Å². The van der Waals surface area contributed by atoms with E-state index in [-0.39, 0.29) is 0 Å². The Morgan fingerprint density at radius 3 is 2.55 bits per heavy atom. The van der Waals surface area contributed by atoms with Crippen LogP contribution in [-0.2, 0) is 19.4 Å². The molecule has 1 aliphatic carbocycles. The zero-order chi connectivity index (χ0) is 14.8. The fourth-order valence-electron chi connectivity index (χ4n) is 4.69. The highest BCUT2D eigenvalue weighted by Gasteiger charge is 2.27. The number of hydrogen-bond donors (Lipinski definition) is 0. The molecule has 1 aromatic carbocycles. The number of aryl methyl sites for hydroxylation is 2. The number of likely N-dealkylation sites (tertiary alicyclic amines) is 2. The summed E-state index contributed by atoms with van der Waals surface area (Å²) in [6.45, 7) is 6.46. The van der Waals surface area contributed by atoms with E-state index in [9.17, 15) is 0 Å². The molecule has 2 nitrogen and oxygen atoms in total.